The van der Waals surface area contributed by atoms with Gasteiger partial charge >= 0.3 is 12.2 Å². The number of nitrogens with one attached hydrogen (secondary N) is 1. The van der Waals surface area contributed by atoms with Gasteiger partial charge in [-0.25, -0.2) is 9.18 Å². The number of anilines is 1. The first-order chi connectivity index (χ1) is 11.8. The number of hydrogen-bond donors (Lipinski definition) is 1. The molecule has 1 N–H and O–H groups in total. The molecule has 0 saturated carbocycles. The predicted octanol–water partition coefficient (Wildman–Crippen LogP) is 5.12. The van der Waals surface area contributed by atoms with Gasteiger partial charge < -0.3 is 10.2 Å². The highest BCUT2D eigenvalue weighted by molar-refractivity contribution is 7.99. The van der Waals surface area contributed by atoms with Gasteiger partial charge in [-0.3, -0.25) is 0 Å². The molecule has 0 radical (unpaired) electrons. The highest BCUT2D eigenvalue weighted by atomic mass is 32.2. The van der Waals surface area contributed by atoms with Crippen molar-refractivity contribution in [3.8, 4) is 0 Å². The van der Waals surface area contributed by atoms with Gasteiger partial charge in [0.05, 0.1) is 5.56 Å². The fourth-order valence-corrected chi connectivity index (χ4v) is 3.83. The Balaban J connectivity index is 1.76. The Labute approximate surface area is 146 Å². The van der Waals surface area contributed by atoms with Crippen LogP contribution in [0.5, 0.6) is 0 Å². The lowest BCUT2D eigenvalue weighted by molar-refractivity contribution is -0.137. The average Bonchev–Trinajstić information content (AvgIpc) is 3.04. The molecule has 25 heavy (non-hydrogen) atoms. The van der Waals surface area contributed by atoms with E-state index >= 15 is 0 Å². The molecule has 3 rings (SSSR count). The second-order valence-corrected chi connectivity index (χ2v) is 6.67. The quantitative estimate of drug-likeness (QED) is 0.744. The topological polar surface area (TPSA) is 32.3 Å². The molecule has 1 heterocycles. The predicted molar refractivity (Wildman–Crippen MR) is 88.8 cm³/mol. The minimum absolute atomic E-state index is 0.0646. The Morgan fingerprint density at radius 3 is 2.64 bits per heavy atom. The van der Waals surface area contributed by atoms with Crippen molar-refractivity contribution in [2.45, 2.75) is 11.6 Å². The summed E-state index contributed by atoms with van der Waals surface area (Å²) in [5.41, 5.74) is -0.126. The first-order valence-electron chi connectivity index (χ1n) is 7.46. The van der Waals surface area contributed by atoms with Crippen molar-refractivity contribution in [1.29, 1.82) is 0 Å². The summed E-state index contributed by atoms with van der Waals surface area (Å²) < 4.78 is 51.7. The van der Waals surface area contributed by atoms with Crippen LogP contribution in [0.1, 0.15) is 16.5 Å². The first kappa shape index (κ1) is 17.6. The summed E-state index contributed by atoms with van der Waals surface area (Å²) in [5.74, 6) is 0.264. The van der Waals surface area contributed by atoms with E-state index in [-0.39, 0.29) is 11.1 Å². The number of hydrogen-bond acceptors (Lipinski definition) is 2. The molecule has 2 aromatic rings. The van der Waals surface area contributed by atoms with Gasteiger partial charge in [-0.2, -0.15) is 13.2 Å². The molecule has 1 fully saturated rings. The highest BCUT2D eigenvalue weighted by Gasteiger charge is 2.32. The van der Waals surface area contributed by atoms with E-state index in [1.807, 2.05) is 0 Å². The number of urea groups is 1. The summed E-state index contributed by atoms with van der Waals surface area (Å²) in [6.45, 7) is 0.427. The summed E-state index contributed by atoms with van der Waals surface area (Å²) in [5, 5.41) is 2.12. The third kappa shape index (κ3) is 4.07. The number of halogens is 4. The molecule has 3 nitrogen and oxygen atoms in total. The molecule has 1 aliphatic rings. The van der Waals surface area contributed by atoms with E-state index in [1.54, 1.807) is 12.1 Å². The van der Waals surface area contributed by atoms with Crippen LogP contribution in [0.3, 0.4) is 0 Å². The number of alkyl halides is 3. The van der Waals surface area contributed by atoms with E-state index in [0.29, 0.717) is 17.9 Å². The Hall–Kier alpha value is -2.22. The monoisotopic (exact) mass is 370 g/mol. The van der Waals surface area contributed by atoms with Crippen molar-refractivity contribution in [2.75, 3.05) is 17.6 Å². The van der Waals surface area contributed by atoms with Crippen molar-refractivity contribution in [2.24, 2.45) is 0 Å². The molecule has 2 aromatic carbocycles. The van der Waals surface area contributed by atoms with Gasteiger partial charge in [-0.05, 0) is 35.9 Å². The summed E-state index contributed by atoms with van der Waals surface area (Å²) in [7, 11) is 0. The maximum Gasteiger partial charge on any atom is 0.416 e. The van der Waals surface area contributed by atoms with Gasteiger partial charge in [0, 0.05) is 18.0 Å². The highest BCUT2D eigenvalue weighted by Crippen LogP contribution is 2.38. The van der Waals surface area contributed by atoms with Gasteiger partial charge in [0.15, 0.2) is 0 Å². The molecule has 8 heteroatoms. The van der Waals surface area contributed by atoms with Crippen LogP contribution in [-0.4, -0.2) is 23.2 Å². The Morgan fingerprint density at radius 2 is 1.92 bits per heavy atom. The molecule has 0 spiro atoms. The number of carbonyl (C=O) groups is 1. The Kier molecular flexibility index (Phi) is 4.89. The zero-order valence-corrected chi connectivity index (χ0v) is 13.7. The van der Waals surface area contributed by atoms with Gasteiger partial charge in [0.1, 0.15) is 11.2 Å². The van der Waals surface area contributed by atoms with E-state index in [4.69, 9.17) is 0 Å². The largest absolute Gasteiger partial charge is 0.416 e. The summed E-state index contributed by atoms with van der Waals surface area (Å²) in [6, 6.07) is 9.90. The Morgan fingerprint density at radius 1 is 1.16 bits per heavy atom. The van der Waals surface area contributed by atoms with Gasteiger partial charge in [-0.1, -0.05) is 18.2 Å². The maximum absolute atomic E-state index is 13.4. The molecule has 2 amide bonds. The molecule has 132 valence electrons. The number of carbonyl (C=O) groups excluding carboxylic acids is 1. The third-order valence-electron chi connectivity index (χ3n) is 3.73. The number of rotatable bonds is 2. The van der Waals surface area contributed by atoms with E-state index in [2.05, 4.69) is 5.32 Å². The third-order valence-corrected chi connectivity index (χ3v) is 4.99. The molecule has 1 aliphatic heterocycles. The van der Waals surface area contributed by atoms with Crippen molar-refractivity contribution in [3.63, 3.8) is 0 Å². The molecular weight excluding hydrogens is 356 g/mol. The number of thioether (sulfide) groups is 1. The van der Waals surface area contributed by atoms with E-state index in [1.165, 1.54) is 40.9 Å². The van der Waals surface area contributed by atoms with Crippen molar-refractivity contribution < 1.29 is 22.4 Å². The smallest absolute Gasteiger partial charge is 0.308 e. The van der Waals surface area contributed by atoms with Gasteiger partial charge in [0.2, 0.25) is 0 Å². The standard InChI is InChI=1S/C17H14F4N2OS/c18-13-5-1-3-11(9-13)15-23(7-8-25-15)16(24)22-14-6-2-4-12(10-14)17(19,20)21/h1-6,9-10,15H,7-8H2,(H,22,24). The van der Waals surface area contributed by atoms with Crippen molar-refractivity contribution in [1.82, 2.24) is 4.90 Å². The van der Waals surface area contributed by atoms with Crippen LogP contribution in [0.15, 0.2) is 48.5 Å². The van der Waals surface area contributed by atoms with Crippen LogP contribution in [0.25, 0.3) is 0 Å². The van der Waals surface area contributed by atoms with Gasteiger partial charge in [0.25, 0.3) is 0 Å². The van der Waals surface area contributed by atoms with E-state index in [9.17, 15) is 22.4 Å². The second kappa shape index (κ2) is 6.95. The summed E-state index contributed by atoms with van der Waals surface area (Å²) >= 11 is 1.48. The molecule has 0 aliphatic carbocycles. The Bertz CT molecular complexity index is 781. The number of benzene rings is 2. The second-order valence-electron chi connectivity index (χ2n) is 5.48. The van der Waals surface area contributed by atoms with E-state index in [0.717, 1.165) is 12.1 Å². The summed E-state index contributed by atoms with van der Waals surface area (Å²) in [4.78, 5) is 14.0. The molecule has 0 aromatic heterocycles. The summed E-state index contributed by atoms with van der Waals surface area (Å²) in [6.07, 6.45) is -4.48. The maximum atomic E-state index is 13.4. The first-order valence-corrected chi connectivity index (χ1v) is 8.51. The fourth-order valence-electron chi connectivity index (χ4n) is 2.58. The lowest BCUT2D eigenvalue weighted by atomic mass is 10.2. The molecule has 0 bridgehead atoms. The van der Waals surface area contributed by atoms with Crippen LogP contribution < -0.4 is 5.32 Å². The zero-order chi connectivity index (χ0) is 18.0. The van der Waals surface area contributed by atoms with Crippen LogP contribution in [-0.2, 0) is 6.18 Å². The number of amides is 2. The van der Waals surface area contributed by atoms with Crippen molar-refractivity contribution in [3.05, 3.63) is 65.5 Å². The minimum atomic E-state index is -4.48. The molecule has 1 unspecified atom stereocenters. The lowest BCUT2D eigenvalue weighted by Crippen LogP contribution is -2.34. The van der Waals surface area contributed by atoms with Crippen LogP contribution >= 0.6 is 11.8 Å². The molecule has 1 atom stereocenters. The van der Waals surface area contributed by atoms with E-state index < -0.39 is 23.6 Å². The lowest BCUT2D eigenvalue weighted by Gasteiger charge is -2.24. The van der Waals surface area contributed by atoms with Crippen LogP contribution in [0.4, 0.5) is 28.0 Å². The van der Waals surface area contributed by atoms with Crippen molar-refractivity contribution >= 4 is 23.5 Å². The normalized spacial score (nSPS) is 17.6. The molecular formula is C17H14F4N2OS. The zero-order valence-electron chi connectivity index (χ0n) is 12.9. The fraction of sp³-hybridized carbons (Fsp3) is 0.235. The molecule has 1 saturated heterocycles. The average molecular weight is 370 g/mol. The van der Waals surface area contributed by atoms with Crippen LogP contribution in [0.2, 0.25) is 0 Å². The SMILES string of the molecule is O=C(Nc1cccc(C(F)(F)F)c1)N1CCSC1c1cccc(F)c1. The van der Waals surface area contributed by atoms with Crippen LogP contribution in [0, 0.1) is 5.82 Å². The number of nitrogens with zero attached hydrogens (tertiary/aromatic N) is 1. The van der Waals surface area contributed by atoms with Gasteiger partial charge in [-0.15, -0.1) is 11.8 Å². The minimum Gasteiger partial charge on any atom is -0.308 e.